The molecule has 0 spiro atoms. The van der Waals surface area contributed by atoms with Crippen LogP contribution in [0.3, 0.4) is 0 Å². The smallest absolute Gasteiger partial charge is 0.243 e. The van der Waals surface area contributed by atoms with Crippen LogP contribution in [0.5, 0.6) is 11.5 Å². The third-order valence-electron chi connectivity index (χ3n) is 6.25. The second-order valence-electron chi connectivity index (χ2n) is 8.33. The first kappa shape index (κ1) is 25.2. The predicted octanol–water partition coefficient (Wildman–Crippen LogP) is 3.77. The van der Waals surface area contributed by atoms with Gasteiger partial charge in [-0.25, -0.2) is 8.42 Å². The van der Waals surface area contributed by atoms with Gasteiger partial charge in [0.2, 0.25) is 16.0 Å². The number of aromatic nitrogens is 4. The van der Waals surface area contributed by atoms with E-state index < -0.39 is 21.2 Å². The van der Waals surface area contributed by atoms with Crippen LogP contribution in [0, 0.1) is 0 Å². The van der Waals surface area contributed by atoms with Gasteiger partial charge in [-0.1, -0.05) is 24.6 Å². The van der Waals surface area contributed by atoms with Gasteiger partial charge in [-0.15, -0.1) is 10.2 Å². The summed E-state index contributed by atoms with van der Waals surface area (Å²) in [6, 6.07) is 8.73. The van der Waals surface area contributed by atoms with E-state index in [1.54, 1.807) is 48.7 Å². The molecule has 1 aliphatic heterocycles. The minimum Gasteiger partial charge on any atom is -0.494 e. The van der Waals surface area contributed by atoms with Crippen molar-refractivity contribution < 1.29 is 22.6 Å². The van der Waals surface area contributed by atoms with Gasteiger partial charge in [0.05, 0.1) is 31.1 Å². The topological polar surface area (TPSA) is 117 Å². The van der Waals surface area contributed by atoms with Crippen molar-refractivity contribution in [2.75, 3.05) is 32.2 Å². The van der Waals surface area contributed by atoms with Gasteiger partial charge < -0.3 is 14.2 Å². The molecule has 1 N–H and O–H groups in total. The fraction of sp³-hybridized carbons (Fsp3) is 0.435. The van der Waals surface area contributed by atoms with Crippen molar-refractivity contribution in [3.05, 3.63) is 53.1 Å². The highest BCUT2D eigenvalue weighted by Crippen LogP contribution is 2.38. The number of ether oxygens (including phenoxy) is 3. The third kappa shape index (κ3) is 5.07. The molecule has 35 heavy (non-hydrogen) atoms. The lowest BCUT2D eigenvalue weighted by Crippen LogP contribution is -2.31. The van der Waals surface area contributed by atoms with Gasteiger partial charge in [0.1, 0.15) is 23.0 Å². The second-order valence-corrected chi connectivity index (χ2v) is 10.8. The Morgan fingerprint density at radius 1 is 1.14 bits per heavy atom. The number of anilines is 1. The molecule has 1 saturated heterocycles. The summed E-state index contributed by atoms with van der Waals surface area (Å²) < 4.78 is 48.0. The van der Waals surface area contributed by atoms with Crippen LogP contribution < -0.4 is 14.2 Å². The van der Waals surface area contributed by atoms with Gasteiger partial charge >= 0.3 is 0 Å². The van der Waals surface area contributed by atoms with Crippen LogP contribution in [-0.2, 0) is 14.8 Å². The van der Waals surface area contributed by atoms with Gasteiger partial charge in [-0.2, -0.15) is 0 Å². The highest BCUT2D eigenvalue weighted by molar-refractivity contribution is 7.93. The molecule has 1 aliphatic rings. The van der Waals surface area contributed by atoms with E-state index >= 15 is 0 Å². The highest BCUT2D eigenvalue weighted by Gasteiger charge is 2.33. The molecule has 4 rings (SSSR count). The average molecular weight is 522 g/mol. The molecule has 0 saturated carbocycles. The summed E-state index contributed by atoms with van der Waals surface area (Å²) in [5.41, 5.74) is 1.12. The largest absolute Gasteiger partial charge is 0.494 e. The molecule has 0 aliphatic carbocycles. The van der Waals surface area contributed by atoms with Crippen LogP contribution in [0.1, 0.15) is 43.6 Å². The lowest BCUT2D eigenvalue weighted by Gasteiger charge is -2.22. The zero-order chi connectivity index (χ0) is 25.2. The molecule has 10 nitrogen and oxygen atoms in total. The molecule has 3 heterocycles. The van der Waals surface area contributed by atoms with Crippen LogP contribution in [0.15, 0.2) is 36.5 Å². The van der Waals surface area contributed by atoms with E-state index in [2.05, 4.69) is 19.9 Å². The summed E-state index contributed by atoms with van der Waals surface area (Å²) in [7, 11) is -0.839. The van der Waals surface area contributed by atoms with Crippen molar-refractivity contribution >= 4 is 27.6 Å². The van der Waals surface area contributed by atoms with E-state index in [0.29, 0.717) is 46.9 Å². The zero-order valence-corrected chi connectivity index (χ0v) is 21.5. The summed E-state index contributed by atoms with van der Waals surface area (Å²) in [4.78, 5) is 4.28. The Morgan fingerprint density at radius 2 is 1.86 bits per heavy atom. The summed E-state index contributed by atoms with van der Waals surface area (Å²) >= 11 is 5.93. The summed E-state index contributed by atoms with van der Waals surface area (Å²) in [5, 5.41) is 8.22. The number of halogens is 1. The molecule has 1 unspecified atom stereocenters. The van der Waals surface area contributed by atoms with Crippen LogP contribution in [-0.4, -0.2) is 60.8 Å². The molecule has 1 aromatic carbocycles. The Balaban J connectivity index is 1.76. The standard InChI is InChI=1S/C23H28ClN5O5S/c1-14(18-9-8-17(24)12-25-18)15(2)35(30,31)28-23-27-26-22(16-10-11-34-13-16)29(23)21-19(32-3)6-5-7-20(21)33-4/h5-9,12,14-16H,10-11,13H2,1-4H3,(H,27,28)/t14-,15-,16?/m0/s1. The number of nitrogens with one attached hydrogen (secondary N) is 1. The summed E-state index contributed by atoms with van der Waals surface area (Å²) in [6.45, 7) is 4.47. The first-order valence-electron chi connectivity index (χ1n) is 11.1. The zero-order valence-electron chi connectivity index (χ0n) is 19.9. The summed E-state index contributed by atoms with van der Waals surface area (Å²) in [6.07, 6.45) is 2.23. The lowest BCUT2D eigenvalue weighted by molar-refractivity contribution is 0.193. The number of benzene rings is 1. The Labute approximate surface area is 209 Å². The number of pyridine rings is 1. The quantitative estimate of drug-likeness (QED) is 0.452. The van der Waals surface area contributed by atoms with Crippen LogP contribution in [0.25, 0.3) is 5.69 Å². The Morgan fingerprint density at radius 3 is 2.43 bits per heavy atom. The molecule has 0 bridgehead atoms. The van der Waals surface area contributed by atoms with Crippen LogP contribution in [0.4, 0.5) is 5.95 Å². The van der Waals surface area contributed by atoms with E-state index in [9.17, 15) is 8.42 Å². The van der Waals surface area contributed by atoms with Crippen molar-refractivity contribution in [1.82, 2.24) is 19.7 Å². The minimum absolute atomic E-state index is 0.0396. The maximum Gasteiger partial charge on any atom is 0.243 e. The molecule has 3 aromatic rings. The Hall–Kier alpha value is -2.89. The SMILES string of the molecule is COc1cccc(OC)c1-n1c(NS(=O)(=O)[C@@H](C)[C@H](C)c2ccc(Cl)cn2)nnc1C1CCOC1. The van der Waals surface area contributed by atoms with Gasteiger partial charge in [0, 0.05) is 30.3 Å². The number of nitrogens with zero attached hydrogens (tertiary/aromatic N) is 4. The molecular formula is C23H28ClN5O5S. The van der Waals surface area contributed by atoms with E-state index in [1.807, 2.05) is 0 Å². The van der Waals surface area contributed by atoms with Crippen LogP contribution in [0.2, 0.25) is 5.02 Å². The lowest BCUT2D eigenvalue weighted by atomic mass is 10.0. The number of sulfonamides is 1. The van der Waals surface area contributed by atoms with Crippen molar-refractivity contribution in [2.24, 2.45) is 0 Å². The molecule has 188 valence electrons. The van der Waals surface area contributed by atoms with Gasteiger partial charge in [0.25, 0.3) is 0 Å². The monoisotopic (exact) mass is 521 g/mol. The number of rotatable bonds is 9. The first-order chi connectivity index (χ1) is 16.8. The van der Waals surface area contributed by atoms with E-state index in [0.717, 1.165) is 6.42 Å². The normalized spacial score (nSPS) is 17.7. The van der Waals surface area contributed by atoms with Crippen molar-refractivity contribution in [3.63, 3.8) is 0 Å². The Bertz CT molecular complexity index is 1250. The van der Waals surface area contributed by atoms with Crippen molar-refractivity contribution in [3.8, 4) is 17.2 Å². The van der Waals surface area contributed by atoms with Crippen molar-refractivity contribution in [1.29, 1.82) is 0 Å². The second kappa shape index (κ2) is 10.4. The molecular weight excluding hydrogens is 494 g/mol. The van der Waals surface area contributed by atoms with Gasteiger partial charge in [-0.05, 0) is 37.6 Å². The predicted molar refractivity (Wildman–Crippen MR) is 132 cm³/mol. The number of hydrogen-bond donors (Lipinski definition) is 1. The summed E-state index contributed by atoms with van der Waals surface area (Å²) in [5.74, 6) is 1.09. The van der Waals surface area contributed by atoms with E-state index in [-0.39, 0.29) is 11.9 Å². The third-order valence-corrected chi connectivity index (χ3v) is 8.33. The first-order valence-corrected chi connectivity index (χ1v) is 13.1. The van der Waals surface area contributed by atoms with Gasteiger partial charge in [-0.3, -0.25) is 14.3 Å². The number of hydrogen-bond acceptors (Lipinski definition) is 8. The number of methoxy groups -OCH3 is 2. The average Bonchev–Trinajstić information content (AvgIpc) is 3.52. The van der Waals surface area contributed by atoms with Crippen LogP contribution >= 0.6 is 11.6 Å². The molecule has 2 aromatic heterocycles. The molecule has 12 heteroatoms. The van der Waals surface area contributed by atoms with Crippen molar-refractivity contribution in [2.45, 2.75) is 37.4 Å². The fourth-order valence-corrected chi connectivity index (χ4v) is 5.38. The van der Waals surface area contributed by atoms with Gasteiger partial charge in [0.15, 0.2) is 0 Å². The molecule has 1 fully saturated rings. The maximum absolute atomic E-state index is 13.5. The highest BCUT2D eigenvalue weighted by atomic mass is 35.5. The van der Waals surface area contributed by atoms with E-state index in [4.69, 9.17) is 25.8 Å². The molecule has 3 atom stereocenters. The van der Waals surface area contributed by atoms with E-state index in [1.165, 1.54) is 20.4 Å². The fourth-order valence-electron chi connectivity index (χ4n) is 4.02. The molecule has 0 amide bonds. The maximum atomic E-state index is 13.5. The number of para-hydroxylation sites is 1. The molecule has 0 radical (unpaired) electrons. The Kier molecular flexibility index (Phi) is 7.48. The minimum atomic E-state index is -3.91.